The van der Waals surface area contributed by atoms with Crippen molar-refractivity contribution in [2.24, 2.45) is 0 Å². The highest BCUT2D eigenvalue weighted by Crippen LogP contribution is 2.39. The Kier molecular flexibility index (Phi) is 3.98. The van der Waals surface area contributed by atoms with Crippen LogP contribution in [0.1, 0.15) is 42.8 Å². The van der Waals surface area contributed by atoms with Crippen LogP contribution in [0.4, 0.5) is 5.82 Å². The van der Waals surface area contributed by atoms with E-state index in [2.05, 4.69) is 32.8 Å². The monoisotopic (exact) mass is 288 g/mol. The van der Waals surface area contributed by atoms with Gasteiger partial charge in [-0.15, -0.1) is 11.3 Å². The lowest BCUT2D eigenvalue weighted by Crippen LogP contribution is -2.43. The summed E-state index contributed by atoms with van der Waals surface area (Å²) in [6.07, 6.45) is 8.00. The molecule has 2 aromatic heterocycles. The maximum atomic E-state index is 5.72. The fraction of sp³-hybridized carbons (Fsp3) is 0.467. The van der Waals surface area contributed by atoms with Crippen molar-refractivity contribution in [3.8, 4) is 0 Å². The van der Waals surface area contributed by atoms with E-state index in [1.54, 1.807) is 12.3 Å². The smallest absolute Gasteiger partial charge is 0.144 e. The average Bonchev–Trinajstić information content (AvgIpc) is 3.01. The summed E-state index contributed by atoms with van der Waals surface area (Å²) < 4.78 is 0. The lowest BCUT2D eigenvalue weighted by molar-refractivity contribution is 0.234. The maximum Gasteiger partial charge on any atom is 0.144 e. The van der Waals surface area contributed by atoms with Crippen LogP contribution >= 0.6 is 11.3 Å². The number of aromatic nitrogens is 2. The zero-order chi connectivity index (χ0) is 13.8. The average molecular weight is 288 g/mol. The fourth-order valence-electron chi connectivity index (χ4n) is 2.96. The van der Waals surface area contributed by atoms with Gasteiger partial charge in [0, 0.05) is 11.1 Å². The topological polar surface area (TPSA) is 63.8 Å². The van der Waals surface area contributed by atoms with Crippen LogP contribution in [0, 0.1) is 0 Å². The van der Waals surface area contributed by atoms with Crippen molar-refractivity contribution in [3.63, 3.8) is 0 Å². The summed E-state index contributed by atoms with van der Waals surface area (Å²) in [5.74, 6) is 1.30. The highest BCUT2D eigenvalue weighted by atomic mass is 32.1. The molecule has 2 heterocycles. The molecule has 1 aliphatic carbocycles. The minimum absolute atomic E-state index is 0.0976. The zero-order valence-electron chi connectivity index (χ0n) is 11.5. The van der Waals surface area contributed by atoms with Gasteiger partial charge in [-0.1, -0.05) is 25.3 Å². The van der Waals surface area contributed by atoms with E-state index in [0.29, 0.717) is 12.4 Å². The van der Waals surface area contributed by atoms with Gasteiger partial charge < -0.3 is 5.73 Å². The third kappa shape index (κ3) is 2.83. The third-order valence-electron chi connectivity index (χ3n) is 4.01. The van der Waals surface area contributed by atoms with Crippen LogP contribution in [0.3, 0.4) is 0 Å². The molecule has 0 saturated heterocycles. The Bertz CT molecular complexity index is 547. The van der Waals surface area contributed by atoms with Gasteiger partial charge in [-0.3, -0.25) is 5.32 Å². The molecule has 106 valence electrons. The second-order valence-electron chi connectivity index (χ2n) is 5.37. The summed E-state index contributed by atoms with van der Waals surface area (Å²) in [5.41, 5.74) is 5.82. The lowest BCUT2D eigenvalue weighted by atomic mass is 9.80. The van der Waals surface area contributed by atoms with Crippen molar-refractivity contribution in [2.45, 2.75) is 44.2 Å². The van der Waals surface area contributed by atoms with Gasteiger partial charge in [0.25, 0.3) is 0 Å². The molecule has 20 heavy (non-hydrogen) atoms. The third-order valence-corrected chi connectivity index (χ3v) is 5.09. The van der Waals surface area contributed by atoms with Gasteiger partial charge in [0.2, 0.25) is 0 Å². The summed E-state index contributed by atoms with van der Waals surface area (Å²) in [5, 5.41) is 5.87. The minimum atomic E-state index is 0.0976. The first-order valence-electron chi connectivity index (χ1n) is 7.15. The molecule has 0 atom stereocenters. The molecule has 3 N–H and O–H groups in total. The Morgan fingerprint density at radius 3 is 2.80 bits per heavy atom. The molecule has 1 saturated carbocycles. The Balaban J connectivity index is 1.77. The second-order valence-corrected chi connectivity index (χ2v) is 6.32. The van der Waals surface area contributed by atoms with Crippen LogP contribution in [0.2, 0.25) is 0 Å². The van der Waals surface area contributed by atoms with Gasteiger partial charge in [-0.25, -0.2) is 9.97 Å². The van der Waals surface area contributed by atoms with E-state index < -0.39 is 0 Å². The number of nitrogens with one attached hydrogen (secondary N) is 1. The van der Waals surface area contributed by atoms with E-state index in [4.69, 9.17) is 5.73 Å². The molecule has 5 heteroatoms. The van der Waals surface area contributed by atoms with E-state index in [0.717, 1.165) is 5.82 Å². The van der Waals surface area contributed by atoms with Crippen LogP contribution in [0.5, 0.6) is 0 Å². The standard InChI is InChI=1S/C15H20N4S/c16-13-6-9-17-14(19-13)11-18-15(7-2-1-3-8-15)12-5-4-10-20-12/h4-6,9-10,18H,1-3,7-8,11H2,(H2,16,17,19). The van der Waals surface area contributed by atoms with Crippen molar-refractivity contribution in [3.05, 3.63) is 40.5 Å². The molecule has 1 aliphatic rings. The predicted molar refractivity (Wildman–Crippen MR) is 82.4 cm³/mol. The van der Waals surface area contributed by atoms with E-state index in [1.165, 1.54) is 37.0 Å². The number of hydrogen-bond donors (Lipinski definition) is 2. The first-order valence-corrected chi connectivity index (χ1v) is 8.03. The molecule has 1 fully saturated rings. The first kappa shape index (κ1) is 13.5. The normalized spacial score (nSPS) is 18.0. The quantitative estimate of drug-likeness (QED) is 0.907. The highest BCUT2D eigenvalue weighted by Gasteiger charge is 2.34. The van der Waals surface area contributed by atoms with E-state index in [1.807, 2.05) is 11.3 Å². The Hall–Kier alpha value is -1.46. The maximum absolute atomic E-state index is 5.72. The van der Waals surface area contributed by atoms with Crippen molar-refractivity contribution in [1.29, 1.82) is 0 Å². The molecule has 0 bridgehead atoms. The van der Waals surface area contributed by atoms with Gasteiger partial charge in [-0.2, -0.15) is 0 Å². The Labute approximate surface area is 123 Å². The molecular weight excluding hydrogens is 268 g/mol. The number of rotatable bonds is 4. The van der Waals surface area contributed by atoms with Gasteiger partial charge in [-0.05, 0) is 30.4 Å². The molecule has 0 spiro atoms. The van der Waals surface area contributed by atoms with Crippen molar-refractivity contribution in [2.75, 3.05) is 5.73 Å². The number of thiophene rings is 1. The SMILES string of the molecule is Nc1ccnc(CNC2(c3cccs3)CCCCC2)n1. The van der Waals surface area contributed by atoms with Gasteiger partial charge in [0.05, 0.1) is 12.1 Å². The number of anilines is 1. The summed E-state index contributed by atoms with van der Waals surface area (Å²) in [4.78, 5) is 10.00. The van der Waals surface area contributed by atoms with E-state index in [-0.39, 0.29) is 5.54 Å². The van der Waals surface area contributed by atoms with E-state index in [9.17, 15) is 0 Å². The van der Waals surface area contributed by atoms with Crippen LogP contribution in [0.25, 0.3) is 0 Å². The molecule has 4 nitrogen and oxygen atoms in total. The molecule has 0 radical (unpaired) electrons. The van der Waals surface area contributed by atoms with Crippen molar-refractivity contribution < 1.29 is 0 Å². The molecule has 0 unspecified atom stereocenters. The summed E-state index contributed by atoms with van der Waals surface area (Å²) in [6.45, 7) is 0.670. The largest absolute Gasteiger partial charge is 0.384 e. The van der Waals surface area contributed by atoms with Crippen molar-refractivity contribution >= 4 is 17.2 Å². The molecule has 0 aliphatic heterocycles. The van der Waals surface area contributed by atoms with Gasteiger partial charge in [0.15, 0.2) is 0 Å². The lowest BCUT2D eigenvalue weighted by Gasteiger charge is -2.37. The summed E-state index contributed by atoms with van der Waals surface area (Å²) >= 11 is 1.84. The van der Waals surface area contributed by atoms with Gasteiger partial charge >= 0.3 is 0 Å². The van der Waals surface area contributed by atoms with Crippen LogP contribution in [-0.4, -0.2) is 9.97 Å². The number of hydrogen-bond acceptors (Lipinski definition) is 5. The number of nitrogen functional groups attached to an aromatic ring is 1. The molecule has 0 aromatic carbocycles. The van der Waals surface area contributed by atoms with Crippen LogP contribution in [0.15, 0.2) is 29.8 Å². The number of nitrogens with two attached hydrogens (primary N) is 1. The summed E-state index contributed by atoms with van der Waals surface area (Å²) in [7, 11) is 0. The molecule has 3 rings (SSSR count). The molecular formula is C15H20N4S. The second kappa shape index (κ2) is 5.89. The van der Waals surface area contributed by atoms with Crippen LogP contribution in [-0.2, 0) is 12.1 Å². The van der Waals surface area contributed by atoms with Crippen LogP contribution < -0.4 is 11.1 Å². The first-order chi connectivity index (χ1) is 9.78. The molecule has 0 amide bonds. The summed E-state index contributed by atoms with van der Waals surface area (Å²) in [6, 6.07) is 6.09. The Morgan fingerprint density at radius 2 is 2.10 bits per heavy atom. The number of nitrogens with zero attached hydrogens (tertiary/aromatic N) is 2. The fourth-order valence-corrected chi connectivity index (χ4v) is 3.93. The highest BCUT2D eigenvalue weighted by molar-refractivity contribution is 7.10. The Morgan fingerprint density at radius 1 is 1.25 bits per heavy atom. The minimum Gasteiger partial charge on any atom is -0.384 e. The van der Waals surface area contributed by atoms with Crippen molar-refractivity contribution in [1.82, 2.24) is 15.3 Å². The van der Waals surface area contributed by atoms with Gasteiger partial charge in [0.1, 0.15) is 11.6 Å². The zero-order valence-corrected chi connectivity index (χ0v) is 12.3. The van der Waals surface area contributed by atoms with E-state index >= 15 is 0 Å². The predicted octanol–water partition coefficient (Wildman–Crippen LogP) is 3.07. The molecule has 2 aromatic rings.